The molecule has 0 spiro atoms. The average Bonchev–Trinajstić information content (AvgIpc) is 2.71. The van der Waals surface area contributed by atoms with Crippen molar-refractivity contribution in [3.05, 3.63) is 35.9 Å². The Hall–Kier alpha value is -1.15. The zero-order valence-electron chi connectivity index (χ0n) is 7.44. The monoisotopic (exact) mass is 174 g/mol. The van der Waals surface area contributed by atoms with Crippen molar-refractivity contribution in [1.82, 2.24) is 5.32 Å². The predicted molar refractivity (Wildman–Crippen MR) is 50.7 cm³/mol. The minimum absolute atomic E-state index is 0.141. The molecule has 0 N–H and O–H groups in total. The van der Waals surface area contributed by atoms with Crippen LogP contribution in [0.25, 0.3) is 0 Å². The van der Waals surface area contributed by atoms with Crippen LogP contribution < -0.4 is 5.32 Å². The molecule has 0 aromatic heterocycles. The highest BCUT2D eigenvalue weighted by molar-refractivity contribution is 5.98. The molecule has 1 aromatic carbocycles. The first-order valence-corrected chi connectivity index (χ1v) is 4.60. The number of carbonyl (C=O) groups is 1. The average molecular weight is 174 g/mol. The summed E-state index contributed by atoms with van der Waals surface area (Å²) in [4.78, 5) is 11.8. The second kappa shape index (κ2) is 3.71. The summed E-state index contributed by atoms with van der Waals surface area (Å²) >= 11 is 0. The molecule has 67 valence electrons. The third kappa shape index (κ3) is 1.78. The van der Waals surface area contributed by atoms with Crippen LogP contribution in [-0.2, 0) is 0 Å². The Kier molecular flexibility index (Phi) is 2.41. The van der Waals surface area contributed by atoms with E-state index >= 15 is 0 Å². The van der Waals surface area contributed by atoms with Crippen molar-refractivity contribution in [2.75, 3.05) is 13.1 Å². The molecule has 0 saturated carbocycles. The van der Waals surface area contributed by atoms with Crippen molar-refractivity contribution in [2.45, 2.75) is 6.42 Å². The highest BCUT2D eigenvalue weighted by Crippen LogP contribution is 2.15. The summed E-state index contributed by atoms with van der Waals surface area (Å²) in [6, 6.07) is 9.48. The number of carbonyl (C=O) groups excluding carboxylic acids is 1. The summed E-state index contributed by atoms with van der Waals surface area (Å²) in [6.45, 7) is 1.57. The summed E-state index contributed by atoms with van der Waals surface area (Å²) in [5.41, 5.74) is 0.824. The zero-order valence-corrected chi connectivity index (χ0v) is 7.44. The molecule has 2 nitrogen and oxygen atoms in total. The molecule has 0 aliphatic carbocycles. The summed E-state index contributed by atoms with van der Waals surface area (Å²) in [6.07, 6.45) is 0.924. The predicted octanol–water partition coefficient (Wildman–Crippen LogP) is 1.49. The van der Waals surface area contributed by atoms with E-state index in [-0.39, 0.29) is 11.7 Å². The van der Waals surface area contributed by atoms with Crippen LogP contribution in [0, 0.1) is 5.92 Å². The van der Waals surface area contributed by atoms with Crippen LogP contribution in [-0.4, -0.2) is 18.9 Å². The van der Waals surface area contributed by atoms with E-state index < -0.39 is 0 Å². The Morgan fingerprint density at radius 1 is 1.31 bits per heavy atom. The van der Waals surface area contributed by atoms with Gasteiger partial charge in [0.1, 0.15) is 0 Å². The molecule has 1 aromatic rings. The third-order valence-electron chi connectivity index (χ3n) is 2.41. The molecule has 2 heteroatoms. The summed E-state index contributed by atoms with van der Waals surface area (Å²) in [5, 5.41) is 4.19. The molecular formula is C11H12NO. The molecule has 1 fully saturated rings. The zero-order chi connectivity index (χ0) is 9.10. The Balaban J connectivity index is 2.13. The number of hydrogen-bond donors (Lipinski definition) is 0. The molecule has 2 rings (SSSR count). The van der Waals surface area contributed by atoms with E-state index in [0.717, 1.165) is 18.5 Å². The summed E-state index contributed by atoms with van der Waals surface area (Å²) in [5.74, 6) is 0.393. The normalized spacial score (nSPS) is 21.7. The summed E-state index contributed by atoms with van der Waals surface area (Å²) in [7, 11) is 0. The van der Waals surface area contributed by atoms with Gasteiger partial charge in [-0.15, -0.1) is 0 Å². The van der Waals surface area contributed by atoms with Gasteiger partial charge in [0.05, 0.1) is 0 Å². The van der Waals surface area contributed by atoms with Gasteiger partial charge >= 0.3 is 0 Å². The van der Waals surface area contributed by atoms with Gasteiger partial charge in [0, 0.05) is 24.6 Å². The Morgan fingerprint density at radius 3 is 2.69 bits per heavy atom. The lowest BCUT2D eigenvalue weighted by Gasteiger charge is -2.05. The first-order valence-electron chi connectivity index (χ1n) is 4.60. The number of benzene rings is 1. The van der Waals surface area contributed by atoms with Crippen molar-refractivity contribution < 1.29 is 4.79 Å². The lowest BCUT2D eigenvalue weighted by atomic mass is 9.97. The van der Waals surface area contributed by atoms with E-state index in [1.807, 2.05) is 30.3 Å². The van der Waals surface area contributed by atoms with Gasteiger partial charge < -0.3 is 0 Å². The lowest BCUT2D eigenvalue weighted by Crippen LogP contribution is -2.15. The topological polar surface area (TPSA) is 31.2 Å². The number of Topliss-reactive ketones (excluding diaryl/α,β-unsaturated/α-hetero) is 1. The van der Waals surface area contributed by atoms with Gasteiger partial charge in [-0.25, -0.2) is 5.32 Å². The van der Waals surface area contributed by atoms with Gasteiger partial charge in [-0.2, -0.15) is 0 Å². The maximum atomic E-state index is 11.8. The Bertz CT molecular complexity index is 288. The maximum absolute atomic E-state index is 11.8. The molecule has 1 aliphatic heterocycles. The number of nitrogens with zero attached hydrogens (tertiary/aromatic N) is 1. The Labute approximate surface area is 78.0 Å². The highest BCUT2D eigenvalue weighted by Gasteiger charge is 2.23. The van der Waals surface area contributed by atoms with Crippen LogP contribution in [0.2, 0.25) is 0 Å². The second-order valence-corrected chi connectivity index (χ2v) is 3.35. The smallest absolute Gasteiger partial charge is 0.167 e. The maximum Gasteiger partial charge on any atom is 0.167 e. The van der Waals surface area contributed by atoms with Crippen LogP contribution in [0.5, 0.6) is 0 Å². The number of hydrogen-bond acceptors (Lipinski definition) is 1. The second-order valence-electron chi connectivity index (χ2n) is 3.35. The fraction of sp³-hybridized carbons (Fsp3) is 0.364. The van der Waals surface area contributed by atoms with Gasteiger partial charge in [0.2, 0.25) is 0 Å². The molecule has 0 bridgehead atoms. The van der Waals surface area contributed by atoms with Gasteiger partial charge in [-0.05, 0) is 6.42 Å². The molecule has 0 amide bonds. The molecule has 1 heterocycles. The van der Waals surface area contributed by atoms with Gasteiger partial charge in [0.15, 0.2) is 5.78 Å². The fourth-order valence-corrected chi connectivity index (χ4v) is 1.64. The molecule has 1 aliphatic rings. The van der Waals surface area contributed by atoms with E-state index in [1.54, 1.807) is 0 Å². The van der Waals surface area contributed by atoms with E-state index in [4.69, 9.17) is 0 Å². The van der Waals surface area contributed by atoms with E-state index in [9.17, 15) is 4.79 Å². The van der Waals surface area contributed by atoms with E-state index in [0.29, 0.717) is 6.54 Å². The van der Waals surface area contributed by atoms with Crippen molar-refractivity contribution in [3.63, 3.8) is 0 Å². The molecule has 1 saturated heterocycles. The lowest BCUT2D eigenvalue weighted by molar-refractivity contribution is 0.0930. The Morgan fingerprint density at radius 2 is 2.08 bits per heavy atom. The van der Waals surface area contributed by atoms with E-state index in [2.05, 4.69) is 5.32 Å². The van der Waals surface area contributed by atoms with Crippen LogP contribution in [0.1, 0.15) is 16.8 Å². The molecular weight excluding hydrogens is 162 g/mol. The number of rotatable bonds is 2. The molecule has 1 radical (unpaired) electrons. The standard InChI is InChI=1S/C11H12NO/c13-11(10-6-7-12-8-10)9-4-2-1-3-5-9/h1-5,10H,6-8H2. The molecule has 1 unspecified atom stereocenters. The van der Waals surface area contributed by atoms with Crippen molar-refractivity contribution in [3.8, 4) is 0 Å². The van der Waals surface area contributed by atoms with Gasteiger partial charge in [0.25, 0.3) is 0 Å². The largest absolute Gasteiger partial charge is 0.294 e. The van der Waals surface area contributed by atoms with Gasteiger partial charge in [-0.1, -0.05) is 30.3 Å². The first-order chi connectivity index (χ1) is 6.38. The van der Waals surface area contributed by atoms with Gasteiger partial charge in [-0.3, -0.25) is 4.79 Å². The molecule has 13 heavy (non-hydrogen) atoms. The fourth-order valence-electron chi connectivity index (χ4n) is 1.64. The summed E-state index contributed by atoms with van der Waals surface area (Å²) < 4.78 is 0. The van der Waals surface area contributed by atoms with Crippen LogP contribution in [0.3, 0.4) is 0 Å². The molecule has 1 atom stereocenters. The van der Waals surface area contributed by atoms with Crippen molar-refractivity contribution in [1.29, 1.82) is 0 Å². The number of ketones is 1. The minimum atomic E-state index is 0.141. The van der Waals surface area contributed by atoms with Crippen molar-refractivity contribution >= 4 is 5.78 Å². The quantitative estimate of drug-likeness (QED) is 0.625. The van der Waals surface area contributed by atoms with Crippen LogP contribution in [0.15, 0.2) is 30.3 Å². The SMILES string of the molecule is O=C(c1ccccc1)C1CC[N]C1. The third-order valence-corrected chi connectivity index (χ3v) is 2.41. The van der Waals surface area contributed by atoms with Crippen LogP contribution in [0.4, 0.5) is 0 Å². The van der Waals surface area contributed by atoms with Crippen molar-refractivity contribution in [2.24, 2.45) is 5.92 Å². The minimum Gasteiger partial charge on any atom is -0.294 e. The highest BCUT2D eigenvalue weighted by atomic mass is 16.1. The van der Waals surface area contributed by atoms with Crippen LogP contribution >= 0.6 is 0 Å². The first kappa shape index (κ1) is 8.45. The van der Waals surface area contributed by atoms with E-state index in [1.165, 1.54) is 0 Å².